The number of nitrogens with one attached hydrogen (secondary N) is 2. The van der Waals surface area contributed by atoms with E-state index in [9.17, 15) is 18.0 Å². The van der Waals surface area contributed by atoms with E-state index in [1.165, 1.54) is 12.1 Å². The summed E-state index contributed by atoms with van der Waals surface area (Å²) in [6.07, 6.45) is -3.85. The van der Waals surface area contributed by atoms with E-state index in [1.54, 1.807) is 12.1 Å². The lowest BCUT2D eigenvalue weighted by atomic mass is 10.1. The molecule has 0 bridgehead atoms. The molecule has 116 valence electrons. The molecule has 1 aliphatic rings. The van der Waals surface area contributed by atoms with Crippen LogP contribution in [-0.4, -0.2) is 30.8 Å². The fourth-order valence-corrected chi connectivity index (χ4v) is 2.21. The maximum Gasteiger partial charge on any atom is 0.471 e. The normalized spacial score (nSPS) is 22.3. The monoisotopic (exact) mass is 302 g/mol. The number of hydrogen-bond acceptors (Lipinski definition) is 3. The molecule has 1 fully saturated rings. The first-order valence-electron chi connectivity index (χ1n) is 6.68. The van der Waals surface area contributed by atoms with E-state index < -0.39 is 12.1 Å². The van der Waals surface area contributed by atoms with Crippen molar-refractivity contribution in [1.29, 1.82) is 0 Å². The summed E-state index contributed by atoms with van der Waals surface area (Å²) < 4.78 is 42.0. The van der Waals surface area contributed by atoms with Gasteiger partial charge in [-0.2, -0.15) is 13.2 Å². The number of rotatable bonds is 4. The molecule has 1 aromatic rings. The third-order valence-electron chi connectivity index (χ3n) is 3.39. The Morgan fingerprint density at radius 1 is 1.43 bits per heavy atom. The third kappa shape index (κ3) is 4.44. The Hall–Kier alpha value is -1.60. The molecule has 0 saturated carbocycles. The molecule has 2 unspecified atom stereocenters. The molecule has 0 aromatic heterocycles. The van der Waals surface area contributed by atoms with Crippen LogP contribution in [0.2, 0.25) is 0 Å². The van der Waals surface area contributed by atoms with Crippen molar-refractivity contribution in [3.05, 3.63) is 29.8 Å². The first-order chi connectivity index (χ1) is 9.86. The molecule has 0 radical (unpaired) electrons. The zero-order chi connectivity index (χ0) is 15.5. The SMILES string of the molecule is CC1OCCC1NCc1cccc(NC(=O)C(F)(F)F)c1. The molecule has 2 atom stereocenters. The Balaban J connectivity index is 1.93. The van der Waals surface area contributed by atoms with Crippen LogP contribution in [0, 0.1) is 0 Å². The van der Waals surface area contributed by atoms with Crippen molar-refractivity contribution in [1.82, 2.24) is 5.32 Å². The van der Waals surface area contributed by atoms with Crippen molar-refractivity contribution < 1.29 is 22.7 Å². The molecule has 0 aliphatic carbocycles. The highest BCUT2D eigenvalue weighted by atomic mass is 19.4. The molecule has 21 heavy (non-hydrogen) atoms. The van der Waals surface area contributed by atoms with Crippen LogP contribution in [0.4, 0.5) is 18.9 Å². The highest BCUT2D eigenvalue weighted by Crippen LogP contribution is 2.19. The molecular formula is C14H17F3N2O2. The predicted molar refractivity (Wildman–Crippen MR) is 71.8 cm³/mol. The summed E-state index contributed by atoms with van der Waals surface area (Å²) >= 11 is 0. The molecule has 7 heteroatoms. The van der Waals surface area contributed by atoms with Crippen LogP contribution in [0.15, 0.2) is 24.3 Å². The van der Waals surface area contributed by atoms with Crippen LogP contribution in [0.1, 0.15) is 18.9 Å². The second-order valence-electron chi connectivity index (χ2n) is 5.00. The Bertz CT molecular complexity index is 505. The highest BCUT2D eigenvalue weighted by Gasteiger charge is 2.38. The zero-order valence-electron chi connectivity index (χ0n) is 11.5. The number of benzene rings is 1. The summed E-state index contributed by atoms with van der Waals surface area (Å²) in [6, 6.07) is 6.58. The van der Waals surface area contributed by atoms with Crippen molar-refractivity contribution >= 4 is 11.6 Å². The van der Waals surface area contributed by atoms with Gasteiger partial charge in [-0.3, -0.25) is 4.79 Å². The number of amides is 1. The molecular weight excluding hydrogens is 285 g/mol. The van der Waals surface area contributed by atoms with Crippen LogP contribution in [0.5, 0.6) is 0 Å². The van der Waals surface area contributed by atoms with Crippen LogP contribution in [0.25, 0.3) is 0 Å². The van der Waals surface area contributed by atoms with E-state index in [0.29, 0.717) is 13.2 Å². The van der Waals surface area contributed by atoms with Gasteiger partial charge in [0, 0.05) is 24.9 Å². The van der Waals surface area contributed by atoms with Crippen molar-refractivity contribution in [2.24, 2.45) is 0 Å². The van der Waals surface area contributed by atoms with Gasteiger partial charge >= 0.3 is 12.1 Å². The fourth-order valence-electron chi connectivity index (χ4n) is 2.21. The fraction of sp³-hybridized carbons (Fsp3) is 0.500. The first-order valence-corrected chi connectivity index (χ1v) is 6.68. The Kier molecular flexibility index (Phi) is 4.84. The molecule has 1 aliphatic heterocycles. The lowest BCUT2D eigenvalue weighted by Gasteiger charge is -2.16. The van der Waals surface area contributed by atoms with E-state index in [1.807, 2.05) is 12.2 Å². The van der Waals surface area contributed by atoms with Gasteiger partial charge in [-0.15, -0.1) is 0 Å². The minimum atomic E-state index is -4.88. The number of ether oxygens (including phenoxy) is 1. The second-order valence-corrected chi connectivity index (χ2v) is 5.00. The van der Waals surface area contributed by atoms with Crippen molar-refractivity contribution in [3.8, 4) is 0 Å². The lowest BCUT2D eigenvalue weighted by Crippen LogP contribution is -2.34. The van der Waals surface area contributed by atoms with E-state index in [2.05, 4.69) is 5.32 Å². The largest absolute Gasteiger partial charge is 0.471 e. The molecule has 1 amide bonds. The van der Waals surface area contributed by atoms with Gasteiger partial charge in [0.15, 0.2) is 0 Å². The predicted octanol–water partition coefficient (Wildman–Crippen LogP) is 2.45. The number of hydrogen-bond donors (Lipinski definition) is 2. The summed E-state index contributed by atoms with van der Waals surface area (Å²) in [5.41, 5.74) is 0.932. The van der Waals surface area contributed by atoms with Crippen molar-refractivity contribution in [3.63, 3.8) is 0 Å². The number of halogens is 3. The highest BCUT2D eigenvalue weighted by molar-refractivity contribution is 5.94. The van der Waals surface area contributed by atoms with E-state index in [4.69, 9.17) is 4.74 Å². The quantitative estimate of drug-likeness (QED) is 0.898. The summed E-state index contributed by atoms with van der Waals surface area (Å²) in [4.78, 5) is 10.9. The maximum absolute atomic E-state index is 12.2. The van der Waals surface area contributed by atoms with Crippen LogP contribution >= 0.6 is 0 Å². The molecule has 1 heterocycles. The van der Waals surface area contributed by atoms with Crippen molar-refractivity contribution in [2.75, 3.05) is 11.9 Å². The van der Waals surface area contributed by atoms with Gasteiger partial charge in [-0.1, -0.05) is 12.1 Å². The van der Waals surface area contributed by atoms with Crippen molar-refractivity contribution in [2.45, 2.75) is 38.2 Å². The molecule has 1 saturated heterocycles. The third-order valence-corrected chi connectivity index (χ3v) is 3.39. The van der Waals surface area contributed by atoms with Gasteiger partial charge < -0.3 is 15.4 Å². The molecule has 0 spiro atoms. The van der Waals surface area contributed by atoms with Gasteiger partial charge in [0.1, 0.15) is 0 Å². The van der Waals surface area contributed by atoms with Gasteiger partial charge in [0.05, 0.1) is 6.10 Å². The average molecular weight is 302 g/mol. The minimum Gasteiger partial charge on any atom is -0.377 e. The Labute approximate surface area is 120 Å². The summed E-state index contributed by atoms with van der Waals surface area (Å²) in [5, 5.41) is 5.14. The van der Waals surface area contributed by atoms with Gasteiger partial charge in [-0.05, 0) is 31.0 Å². The Morgan fingerprint density at radius 2 is 2.19 bits per heavy atom. The van der Waals surface area contributed by atoms with Gasteiger partial charge in [0.25, 0.3) is 0 Å². The topological polar surface area (TPSA) is 50.4 Å². The summed E-state index contributed by atoms with van der Waals surface area (Å²) in [7, 11) is 0. The average Bonchev–Trinajstić information content (AvgIpc) is 2.81. The van der Waals surface area contributed by atoms with Crippen LogP contribution in [0.3, 0.4) is 0 Å². The number of carbonyl (C=O) groups is 1. The van der Waals surface area contributed by atoms with Crippen LogP contribution in [-0.2, 0) is 16.1 Å². The number of alkyl halides is 3. The summed E-state index contributed by atoms with van der Waals surface area (Å²) in [6.45, 7) is 3.19. The first kappa shape index (κ1) is 15.8. The summed E-state index contributed by atoms with van der Waals surface area (Å²) in [5.74, 6) is -1.97. The minimum absolute atomic E-state index is 0.123. The van der Waals surface area contributed by atoms with E-state index >= 15 is 0 Å². The van der Waals surface area contributed by atoms with Gasteiger partial charge in [0.2, 0.25) is 0 Å². The van der Waals surface area contributed by atoms with Gasteiger partial charge in [-0.25, -0.2) is 0 Å². The second kappa shape index (κ2) is 6.44. The molecule has 2 rings (SSSR count). The lowest BCUT2D eigenvalue weighted by molar-refractivity contribution is -0.167. The zero-order valence-corrected chi connectivity index (χ0v) is 11.5. The molecule has 2 N–H and O–H groups in total. The van der Waals surface area contributed by atoms with E-state index in [0.717, 1.165) is 12.0 Å². The van der Waals surface area contributed by atoms with E-state index in [-0.39, 0.29) is 17.8 Å². The standard InChI is InChI=1S/C14H17F3N2O2/c1-9-12(5-6-21-9)18-8-10-3-2-4-11(7-10)19-13(20)14(15,16)17/h2-4,7,9,12,18H,5-6,8H2,1H3,(H,19,20). The molecule has 1 aromatic carbocycles. The van der Waals surface area contributed by atoms with Crippen LogP contribution < -0.4 is 10.6 Å². The number of anilines is 1. The number of carbonyl (C=O) groups excluding carboxylic acids is 1. The smallest absolute Gasteiger partial charge is 0.377 e. The Morgan fingerprint density at radius 3 is 2.81 bits per heavy atom. The maximum atomic E-state index is 12.2. The molecule has 4 nitrogen and oxygen atoms in total.